The van der Waals surface area contributed by atoms with Crippen LogP contribution in [-0.4, -0.2) is 58.5 Å². The van der Waals surface area contributed by atoms with Gasteiger partial charge in [0.15, 0.2) is 0 Å². The van der Waals surface area contributed by atoms with Crippen molar-refractivity contribution >= 4 is 55.6 Å². The lowest BCUT2D eigenvalue weighted by Gasteiger charge is -2.13. The Hall–Kier alpha value is -8.24. The maximum atomic E-state index is 13.7. The van der Waals surface area contributed by atoms with Crippen LogP contribution in [0.2, 0.25) is 0 Å². The molecule has 0 saturated carbocycles. The Bertz CT molecular complexity index is 3350. The standard InChI is InChI=1S/C68H70N4O6/c1-75-53-39-35-51(36-40-53)63-65-57(55-31-17-19-33-61(55)71(65)43-23-29-49-25-13-11-14-26-49)47-59(69-63)67(73)77-45-21-9-7-5-3-4-6-8-10-22-46-78-68(74)60-48-58-56-32-18-20-34-62(56)72(44-24-30-50-27-15-12-16-28-50)66(58)64(70-60)52-37-41-54(76-2)42-38-52/h11-20,25-28,31-42,47-48H,3-10,21-24,29-30,43-46H2,1-2H3. The van der Waals surface area contributed by atoms with Crippen LogP contribution in [0, 0.1) is 0 Å². The van der Waals surface area contributed by atoms with Gasteiger partial charge in [-0.1, -0.05) is 148 Å². The molecule has 0 spiro atoms. The largest absolute Gasteiger partial charge is 0.497 e. The number of benzene rings is 6. The highest BCUT2D eigenvalue weighted by Gasteiger charge is 2.23. The third kappa shape index (κ3) is 12.6. The molecule has 6 aromatic carbocycles. The molecular formula is C68H70N4O6. The number of esters is 2. The summed E-state index contributed by atoms with van der Waals surface area (Å²) in [7, 11) is 3.32. The lowest BCUT2D eigenvalue weighted by atomic mass is 10.1. The highest BCUT2D eigenvalue weighted by molar-refractivity contribution is 6.15. The summed E-state index contributed by atoms with van der Waals surface area (Å²) < 4.78 is 27.5. The predicted octanol–water partition coefficient (Wildman–Crippen LogP) is 16.2. The van der Waals surface area contributed by atoms with Crippen LogP contribution in [0.15, 0.2) is 170 Å². The fourth-order valence-electron chi connectivity index (χ4n) is 11.0. The molecule has 4 heterocycles. The molecule has 0 bridgehead atoms. The molecule has 10 heteroatoms. The van der Waals surface area contributed by atoms with Crippen LogP contribution in [0.1, 0.15) is 109 Å². The number of para-hydroxylation sites is 2. The summed E-state index contributed by atoms with van der Waals surface area (Å²) in [5, 5.41) is 4.17. The van der Waals surface area contributed by atoms with E-state index in [4.69, 9.17) is 28.9 Å². The summed E-state index contributed by atoms with van der Waals surface area (Å²) in [6.45, 7) is 2.33. The summed E-state index contributed by atoms with van der Waals surface area (Å²) >= 11 is 0. The van der Waals surface area contributed by atoms with Crippen molar-refractivity contribution in [3.8, 4) is 34.0 Å². The van der Waals surface area contributed by atoms with Crippen molar-refractivity contribution in [1.29, 1.82) is 0 Å². The maximum Gasteiger partial charge on any atom is 0.356 e. The molecule has 0 aliphatic carbocycles. The quantitative estimate of drug-likeness (QED) is 0.0370. The van der Waals surface area contributed by atoms with Gasteiger partial charge in [0.05, 0.1) is 49.9 Å². The van der Waals surface area contributed by atoms with Crippen LogP contribution in [-0.2, 0) is 35.4 Å². The summed E-state index contributed by atoms with van der Waals surface area (Å²) in [5.41, 5.74) is 10.9. The minimum absolute atomic E-state index is 0.318. The number of carbonyl (C=O) groups is 2. The van der Waals surface area contributed by atoms with Gasteiger partial charge < -0.3 is 28.1 Å². The molecule has 398 valence electrons. The first-order valence-electron chi connectivity index (χ1n) is 28.0. The van der Waals surface area contributed by atoms with Gasteiger partial charge in [-0.3, -0.25) is 0 Å². The van der Waals surface area contributed by atoms with Crippen LogP contribution >= 0.6 is 0 Å². The molecule has 0 amide bonds. The topological polar surface area (TPSA) is 107 Å². The Kier molecular flexibility index (Phi) is 17.9. The Morgan fingerprint density at radius 2 is 0.756 bits per heavy atom. The zero-order valence-corrected chi connectivity index (χ0v) is 45.1. The van der Waals surface area contributed by atoms with Crippen LogP contribution in [0.25, 0.3) is 66.1 Å². The van der Waals surface area contributed by atoms with E-state index in [1.807, 2.05) is 60.7 Å². The summed E-state index contributed by atoms with van der Waals surface area (Å²) in [6.07, 6.45) is 14.3. The second-order valence-corrected chi connectivity index (χ2v) is 20.3. The number of pyridine rings is 2. The van der Waals surface area contributed by atoms with E-state index >= 15 is 0 Å². The molecule has 78 heavy (non-hydrogen) atoms. The van der Waals surface area contributed by atoms with E-state index in [0.717, 1.165) is 168 Å². The van der Waals surface area contributed by atoms with Gasteiger partial charge in [-0.15, -0.1) is 0 Å². The average molecular weight is 1040 g/mol. The van der Waals surface area contributed by atoms with Crippen LogP contribution in [0.5, 0.6) is 11.5 Å². The van der Waals surface area contributed by atoms with Crippen molar-refractivity contribution in [3.63, 3.8) is 0 Å². The van der Waals surface area contributed by atoms with Crippen LogP contribution in [0.4, 0.5) is 0 Å². The van der Waals surface area contributed by atoms with Crippen molar-refractivity contribution in [3.05, 3.63) is 192 Å². The zero-order valence-electron chi connectivity index (χ0n) is 45.1. The van der Waals surface area contributed by atoms with E-state index in [-0.39, 0.29) is 0 Å². The van der Waals surface area contributed by atoms with Gasteiger partial charge in [0.1, 0.15) is 22.9 Å². The molecule has 0 atom stereocenters. The van der Waals surface area contributed by atoms with Gasteiger partial charge in [-0.05, 0) is 122 Å². The lowest BCUT2D eigenvalue weighted by Crippen LogP contribution is -2.10. The summed E-state index contributed by atoms with van der Waals surface area (Å²) in [4.78, 5) is 37.5. The number of nitrogens with zero attached hydrogens (tertiary/aromatic N) is 4. The fourth-order valence-corrected chi connectivity index (χ4v) is 11.0. The van der Waals surface area contributed by atoms with Crippen LogP contribution in [0.3, 0.4) is 0 Å². The molecule has 0 saturated heterocycles. The van der Waals surface area contributed by atoms with Gasteiger partial charge in [-0.25, -0.2) is 19.6 Å². The Balaban J connectivity index is 0.677. The van der Waals surface area contributed by atoms with E-state index in [9.17, 15) is 9.59 Å². The van der Waals surface area contributed by atoms with Gasteiger partial charge in [-0.2, -0.15) is 0 Å². The first-order chi connectivity index (χ1) is 38.5. The Morgan fingerprint density at radius 3 is 1.14 bits per heavy atom. The van der Waals surface area contributed by atoms with Gasteiger partial charge in [0.25, 0.3) is 0 Å². The molecule has 0 aliphatic heterocycles. The molecule has 0 N–H and O–H groups in total. The van der Waals surface area contributed by atoms with Crippen molar-refractivity contribution < 1.29 is 28.5 Å². The molecule has 0 unspecified atom stereocenters. The number of aryl methyl sites for hydroxylation is 4. The van der Waals surface area contributed by atoms with Gasteiger partial charge >= 0.3 is 11.9 Å². The highest BCUT2D eigenvalue weighted by atomic mass is 16.5. The first-order valence-corrected chi connectivity index (χ1v) is 28.0. The molecule has 4 aromatic heterocycles. The van der Waals surface area contributed by atoms with E-state index < -0.39 is 11.9 Å². The number of ether oxygens (including phenoxy) is 4. The molecule has 10 aromatic rings. The van der Waals surface area contributed by atoms with E-state index in [2.05, 4.69) is 118 Å². The number of hydrogen-bond acceptors (Lipinski definition) is 8. The van der Waals surface area contributed by atoms with Crippen molar-refractivity contribution in [1.82, 2.24) is 19.1 Å². The number of aromatic nitrogens is 4. The number of methoxy groups -OCH3 is 2. The van der Waals surface area contributed by atoms with Gasteiger partial charge in [0, 0.05) is 56.8 Å². The zero-order chi connectivity index (χ0) is 53.5. The third-order valence-electron chi connectivity index (χ3n) is 15.0. The Labute approximate surface area is 458 Å². The smallest absolute Gasteiger partial charge is 0.356 e. The number of unbranched alkanes of at least 4 members (excludes halogenated alkanes) is 9. The molecular weight excluding hydrogens is 969 g/mol. The van der Waals surface area contributed by atoms with Crippen molar-refractivity contribution in [2.75, 3.05) is 27.4 Å². The maximum absolute atomic E-state index is 13.7. The SMILES string of the molecule is COc1ccc(-c2nc(C(=O)OCCCCCCCCCCCCOC(=O)c3cc4c5ccccc5n(CCCc5ccccc5)c4c(-c4ccc(OC)cc4)n3)cc3c4ccccc4n(CCCc4ccccc4)c23)cc1. The predicted molar refractivity (Wildman–Crippen MR) is 315 cm³/mol. The second-order valence-electron chi connectivity index (χ2n) is 20.3. The molecule has 0 aliphatic rings. The minimum atomic E-state index is -0.399. The third-order valence-corrected chi connectivity index (χ3v) is 15.0. The monoisotopic (exact) mass is 1040 g/mol. The fraction of sp³-hybridized carbons (Fsp3) is 0.294. The van der Waals surface area contributed by atoms with E-state index in [0.29, 0.717) is 24.6 Å². The molecule has 10 nitrogen and oxygen atoms in total. The number of hydrogen-bond donors (Lipinski definition) is 0. The number of rotatable bonds is 27. The Morgan fingerprint density at radius 1 is 0.397 bits per heavy atom. The first kappa shape index (κ1) is 53.2. The van der Waals surface area contributed by atoms with E-state index in [1.54, 1.807) is 14.2 Å². The van der Waals surface area contributed by atoms with Crippen molar-refractivity contribution in [2.24, 2.45) is 0 Å². The van der Waals surface area contributed by atoms with E-state index in [1.165, 1.54) is 24.0 Å². The number of carbonyl (C=O) groups excluding carboxylic acids is 2. The molecule has 10 rings (SSSR count). The van der Waals surface area contributed by atoms with Crippen LogP contribution < -0.4 is 9.47 Å². The number of fused-ring (bicyclic) bond motifs is 6. The minimum Gasteiger partial charge on any atom is -0.497 e. The molecule has 0 radical (unpaired) electrons. The molecule has 0 fully saturated rings. The summed E-state index contributed by atoms with van der Waals surface area (Å²) in [5.74, 6) is 0.726. The second kappa shape index (κ2) is 26.2. The normalized spacial score (nSPS) is 11.5. The van der Waals surface area contributed by atoms with Gasteiger partial charge in [0.2, 0.25) is 0 Å². The summed E-state index contributed by atoms with van der Waals surface area (Å²) in [6, 6.07) is 57.6. The van der Waals surface area contributed by atoms with Crippen molar-refractivity contribution in [2.45, 2.75) is 103 Å². The lowest BCUT2D eigenvalue weighted by molar-refractivity contribution is 0.0482. The average Bonchev–Trinajstić information content (AvgIpc) is 4.05. The highest BCUT2D eigenvalue weighted by Crippen LogP contribution is 2.39.